The molecule has 0 amide bonds. The van der Waals surface area contributed by atoms with Gasteiger partial charge in [-0.25, -0.2) is 0 Å². The van der Waals surface area contributed by atoms with E-state index in [0.29, 0.717) is 11.7 Å². The Morgan fingerprint density at radius 3 is 2.52 bits per heavy atom. The van der Waals surface area contributed by atoms with Crippen LogP contribution in [-0.4, -0.2) is 44.3 Å². The molecule has 2 heterocycles. The van der Waals surface area contributed by atoms with Crippen LogP contribution >= 0.6 is 11.8 Å². The number of rotatable bonds is 4. The number of ether oxygens (including phenoxy) is 2. The molecule has 3 aromatic rings. The van der Waals surface area contributed by atoms with E-state index in [1.165, 1.54) is 24.3 Å². The molecule has 1 aliphatic rings. The maximum atomic E-state index is 12.7. The Bertz CT molecular complexity index is 1190. The molecule has 1 aliphatic heterocycles. The molecule has 0 aliphatic carbocycles. The van der Waals surface area contributed by atoms with Crippen LogP contribution in [0.25, 0.3) is 22.3 Å². The average Bonchev–Trinajstić information content (AvgIpc) is 2.72. The number of phenols is 3. The van der Waals surface area contributed by atoms with Crippen molar-refractivity contribution in [3.05, 3.63) is 40.6 Å². The van der Waals surface area contributed by atoms with Crippen LogP contribution in [0.15, 0.2) is 39.5 Å². The summed E-state index contributed by atoms with van der Waals surface area (Å²) < 4.78 is 17.4. The third kappa shape index (κ3) is 4.11. The fourth-order valence-corrected chi connectivity index (χ4v) is 4.48. The topological polar surface area (TPSA) is 130 Å². The Labute approximate surface area is 181 Å². The zero-order valence-electron chi connectivity index (χ0n) is 16.9. The van der Waals surface area contributed by atoms with Gasteiger partial charge in [0.15, 0.2) is 17.3 Å². The summed E-state index contributed by atoms with van der Waals surface area (Å²) in [7, 11) is 0. The van der Waals surface area contributed by atoms with Gasteiger partial charge in [-0.2, -0.15) is 11.8 Å². The molecule has 9 heteroatoms. The first-order valence-corrected chi connectivity index (χ1v) is 11.0. The third-order valence-electron chi connectivity index (χ3n) is 5.20. The first kappa shape index (κ1) is 21.2. The standard InChI is InChI=1S/C22H22O8S/c1-10-5-13(31-2)9-18(28-10)29-12-7-16(25)19-17(8-12)30-22(21(27)20(19)26)11-3-4-14(23)15(24)6-11/h3-4,6-8,10,13,18,23-25,27H,5,9H2,1-2H3. The number of thioether (sulfide) groups is 1. The molecule has 0 radical (unpaired) electrons. The predicted octanol–water partition coefficient (Wildman–Crippen LogP) is 3.92. The zero-order valence-corrected chi connectivity index (χ0v) is 17.7. The van der Waals surface area contributed by atoms with Crippen molar-refractivity contribution in [2.75, 3.05) is 6.26 Å². The van der Waals surface area contributed by atoms with Crippen LogP contribution in [0.3, 0.4) is 0 Å². The van der Waals surface area contributed by atoms with E-state index in [2.05, 4.69) is 0 Å². The number of benzene rings is 2. The van der Waals surface area contributed by atoms with Crippen LogP contribution < -0.4 is 10.2 Å². The molecule has 164 valence electrons. The normalized spacial score (nSPS) is 21.3. The van der Waals surface area contributed by atoms with Gasteiger partial charge in [-0.15, -0.1) is 0 Å². The van der Waals surface area contributed by atoms with E-state index in [-0.39, 0.29) is 39.9 Å². The Balaban J connectivity index is 1.76. The SMILES string of the molecule is CSC1CC(C)OC(Oc2cc(O)c3c(=O)c(O)c(-c4ccc(O)c(O)c4)oc3c2)C1. The molecule has 8 nitrogen and oxygen atoms in total. The molecular formula is C22H22O8S. The van der Waals surface area contributed by atoms with Crippen molar-refractivity contribution in [3.63, 3.8) is 0 Å². The van der Waals surface area contributed by atoms with Crippen LogP contribution in [0.1, 0.15) is 19.8 Å². The van der Waals surface area contributed by atoms with E-state index in [0.717, 1.165) is 12.5 Å². The summed E-state index contributed by atoms with van der Waals surface area (Å²) in [6.07, 6.45) is 3.12. The summed E-state index contributed by atoms with van der Waals surface area (Å²) in [5, 5.41) is 40.2. The van der Waals surface area contributed by atoms with Gasteiger partial charge in [0.05, 0.1) is 6.10 Å². The van der Waals surface area contributed by atoms with E-state index in [4.69, 9.17) is 13.9 Å². The molecule has 1 saturated heterocycles. The van der Waals surface area contributed by atoms with Gasteiger partial charge < -0.3 is 34.3 Å². The third-order valence-corrected chi connectivity index (χ3v) is 6.25. The largest absolute Gasteiger partial charge is 0.507 e. The average molecular weight is 446 g/mol. The van der Waals surface area contributed by atoms with Gasteiger partial charge in [0.25, 0.3) is 0 Å². The minimum absolute atomic E-state index is 0.00867. The summed E-state index contributed by atoms with van der Waals surface area (Å²) >= 11 is 1.74. The highest BCUT2D eigenvalue weighted by Crippen LogP contribution is 2.38. The predicted molar refractivity (Wildman–Crippen MR) is 116 cm³/mol. The van der Waals surface area contributed by atoms with E-state index in [1.54, 1.807) is 11.8 Å². The molecule has 4 N–H and O–H groups in total. The molecule has 0 bridgehead atoms. The molecule has 2 aromatic carbocycles. The van der Waals surface area contributed by atoms with Crippen molar-refractivity contribution < 1.29 is 34.3 Å². The van der Waals surface area contributed by atoms with Crippen LogP contribution in [0.2, 0.25) is 0 Å². The highest BCUT2D eigenvalue weighted by atomic mass is 32.2. The lowest BCUT2D eigenvalue weighted by molar-refractivity contribution is -0.138. The first-order valence-electron chi connectivity index (χ1n) is 9.67. The van der Waals surface area contributed by atoms with Crippen molar-refractivity contribution in [1.29, 1.82) is 0 Å². The number of fused-ring (bicyclic) bond motifs is 1. The maximum Gasteiger partial charge on any atom is 0.238 e. The fourth-order valence-electron chi connectivity index (χ4n) is 3.66. The second kappa shape index (κ2) is 8.24. The Hall–Kier alpha value is -3.04. The summed E-state index contributed by atoms with van der Waals surface area (Å²) in [6, 6.07) is 6.45. The number of aromatic hydroxyl groups is 4. The van der Waals surface area contributed by atoms with Gasteiger partial charge in [0, 0.05) is 29.4 Å². The molecule has 0 saturated carbocycles. The highest BCUT2D eigenvalue weighted by molar-refractivity contribution is 7.99. The van der Waals surface area contributed by atoms with Crippen molar-refractivity contribution in [3.8, 4) is 40.1 Å². The second-order valence-corrected chi connectivity index (χ2v) is 8.59. The minimum Gasteiger partial charge on any atom is -0.507 e. The lowest BCUT2D eigenvalue weighted by atomic mass is 10.1. The van der Waals surface area contributed by atoms with Crippen LogP contribution in [-0.2, 0) is 4.74 Å². The van der Waals surface area contributed by atoms with Crippen LogP contribution in [0.5, 0.6) is 28.7 Å². The Morgan fingerprint density at radius 2 is 1.81 bits per heavy atom. The van der Waals surface area contributed by atoms with Gasteiger partial charge in [0.1, 0.15) is 22.5 Å². The molecule has 1 fully saturated rings. The van der Waals surface area contributed by atoms with E-state index in [1.807, 2.05) is 13.2 Å². The molecule has 31 heavy (non-hydrogen) atoms. The summed E-state index contributed by atoms with van der Waals surface area (Å²) in [5.74, 6) is -1.89. The molecule has 4 rings (SSSR count). The lowest BCUT2D eigenvalue weighted by Crippen LogP contribution is -2.36. The minimum atomic E-state index is -0.835. The molecule has 3 atom stereocenters. The molecule has 0 spiro atoms. The summed E-state index contributed by atoms with van der Waals surface area (Å²) in [6.45, 7) is 1.97. The fraction of sp³-hybridized carbons (Fsp3) is 0.318. The van der Waals surface area contributed by atoms with E-state index in [9.17, 15) is 25.2 Å². The quantitative estimate of drug-likeness (QED) is 0.441. The van der Waals surface area contributed by atoms with Crippen molar-refractivity contribution in [2.45, 2.75) is 37.4 Å². The summed E-state index contributed by atoms with van der Waals surface area (Å²) in [4.78, 5) is 12.7. The smallest absolute Gasteiger partial charge is 0.238 e. The number of hydrogen-bond acceptors (Lipinski definition) is 9. The van der Waals surface area contributed by atoms with Gasteiger partial charge in [-0.05, 0) is 37.8 Å². The highest BCUT2D eigenvalue weighted by Gasteiger charge is 2.28. The van der Waals surface area contributed by atoms with E-state index >= 15 is 0 Å². The van der Waals surface area contributed by atoms with E-state index < -0.39 is 29.0 Å². The maximum absolute atomic E-state index is 12.7. The number of hydrogen-bond donors (Lipinski definition) is 4. The van der Waals surface area contributed by atoms with Crippen LogP contribution in [0.4, 0.5) is 0 Å². The molecule has 1 aromatic heterocycles. The van der Waals surface area contributed by atoms with Gasteiger partial charge in [-0.3, -0.25) is 4.79 Å². The molecule has 3 unspecified atom stereocenters. The van der Waals surface area contributed by atoms with Gasteiger partial charge >= 0.3 is 0 Å². The summed E-state index contributed by atoms with van der Waals surface area (Å²) in [5.41, 5.74) is -0.673. The molecular weight excluding hydrogens is 424 g/mol. The van der Waals surface area contributed by atoms with Gasteiger partial charge in [0.2, 0.25) is 17.5 Å². The zero-order chi connectivity index (χ0) is 22.3. The van der Waals surface area contributed by atoms with Crippen molar-refractivity contribution >= 4 is 22.7 Å². The van der Waals surface area contributed by atoms with Crippen molar-refractivity contribution in [2.24, 2.45) is 0 Å². The lowest BCUT2D eigenvalue weighted by Gasteiger charge is -2.33. The second-order valence-electron chi connectivity index (χ2n) is 7.45. The monoisotopic (exact) mass is 446 g/mol. The van der Waals surface area contributed by atoms with Gasteiger partial charge in [-0.1, -0.05) is 0 Å². The first-order chi connectivity index (χ1) is 14.8. The van der Waals surface area contributed by atoms with Crippen molar-refractivity contribution in [1.82, 2.24) is 0 Å². The Kier molecular flexibility index (Phi) is 5.63. The Morgan fingerprint density at radius 1 is 1.03 bits per heavy atom. The number of phenolic OH excluding ortho intramolecular Hbond substituents is 3. The van der Waals surface area contributed by atoms with Crippen LogP contribution in [0, 0.1) is 0 Å².